The Morgan fingerprint density at radius 1 is 1.42 bits per heavy atom. The lowest BCUT2D eigenvalue weighted by molar-refractivity contribution is 0.317. The van der Waals surface area contributed by atoms with Crippen LogP contribution in [-0.4, -0.2) is 22.4 Å². The van der Waals surface area contributed by atoms with Crippen LogP contribution in [0.25, 0.3) is 0 Å². The van der Waals surface area contributed by atoms with Crippen molar-refractivity contribution in [3.8, 4) is 0 Å². The first kappa shape index (κ1) is 15.0. The standard InChI is InChI=1S/C15H26BrN3/c1-5-12-14(16)13(19(4)18-12)10-15(2,3)8-9-17-11-6-7-11/h11,17H,5-10H2,1-4H3. The van der Waals surface area contributed by atoms with Crippen molar-refractivity contribution in [1.82, 2.24) is 15.1 Å². The molecule has 0 amide bonds. The minimum Gasteiger partial charge on any atom is -0.314 e. The van der Waals surface area contributed by atoms with Gasteiger partial charge in [-0.25, -0.2) is 0 Å². The van der Waals surface area contributed by atoms with E-state index in [0.717, 1.165) is 25.4 Å². The summed E-state index contributed by atoms with van der Waals surface area (Å²) in [6.45, 7) is 7.99. The molecule has 1 aliphatic carbocycles. The van der Waals surface area contributed by atoms with Crippen LogP contribution in [0.2, 0.25) is 0 Å². The van der Waals surface area contributed by atoms with Crippen molar-refractivity contribution in [3.05, 3.63) is 15.9 Å². The highest BCUT2D eigenvalue weighted by Gasteiger charge is 2.25. The molecule has 0 aliphatic heterocycles. The van der Waals surface area contributed by atoms with E-state index in [4.69, 9.17) is 0 Å². The lowest BCUT2D eigenvalue weighted by Crippen LogP contribution is -2.26. The van der Waals surface area contributed by atoms with E-state index < -0.39 is 0 Å². The molecule has 1 saturated carbocycles. The van der Waals surface area contributed by atoms with Gasteiger partial charge in [-0.1, -0.05) is 20.8 Å². The fraction of sp³-hybridized carbons (Fsp3) is 0.800. The molecule has 108 valence electrons. The highest BCUT2D eigenvalue weighted by atomic mass is 79.9. The van der Waals surface area contributed by atoms with Crippen LogP contribution in [0.15, 0.2) is 4.47 Å². The van der Waals surface area contributed by atoms with Crippen molar-refractivity contribution in [2.45, 2.75) is 58.9 Å². The molecule has 0 atom stereocenters. The molecule has 1 heterocycles. The number of rotatable bonds is 7. The van der Waals surface area contributed by atoms with E-state index in [9.17, 15) is 0 Å². The molecule has 0 radical (unpaired) electrons. The number of aryl methyl sites for hydroxylation is 2. The Morgan fingerprint density at radius 3 is 2.63 bits per heavy atom. The highest BCUT2D eigenvalue weighted by molar-refractivity contribution is 9.10. The number of aromatic nitrogens is 2. The van der Waals surface area contributed by atoms with Gasteiger partial charge in [-0.15, -0.1) is 0 Å². The second kappa shape index (κ2) is 5.96. The summed E-state index contributed by atoms with van der Waals surface area (Å²) in [5.41, 5.74) is 2.81. The molecule has 0 saturated heterocycles. The van der Waals surface area contributed by atoms with Gasteiger partial charge in [0.25, 0.3) is 0 Å². The van der Waals surface area contributed by atoms with Crippen LogP contribution >= 0.6 is 15.9 Å². The fourth-order valence-electron chi connectivity index (χ4n) is 2.46. The third-order valence-electron chi connectivity index (χ3n) is 3.96. The normalized spacial score (nSPS) is 16.1. The lowest BCUT2D eigenvalue weighted by atomic mass is 9.84. The molecule has 0 spiro atoms. The van der Waals surface area contributed by atoms with Crippen LogP contribution in [0.5, 0.6) is 0 Å². The fourth-order valence-corrected chi connectivity index (χ4v) is 3.21. The summed E-state index contributed by atoms with van der Waals surface area (Å²) in [5, 5.41) is 8.20. The van der Waals surface area contributed by atoms with Crippen LogP contribution < -0.4 is 5.32 Å². The Labute approximate surface area is 125 Å². The molecule has 4 heteroatoms. The Bertz CT molecular complexity index is 433. The van der Waals surface area contributed by atoms with Crippen molar-refractivity contribution in [2.24, 2.45) is 12.5 Å². The zero-order chi connectivity index (χ0) is 14.0. The zero-order valence-corrected chi connectivity index (χ0v) is 14.2. The largest absolute Gasteiger partial charge is 0.314 e. The van der Waals surface area contributed by atoms with Crippen LogP contribution in [0.3, 0.4) is 0 Å². The first-order chi connectivity index (χ1) is 8.93. The summed E-state index contributed by atoms with van der Waals surface area (Å²) in [4.78, 5) is 0. The monoisotopic (exact) mass is 327 g/mol. The van der Waals surface area contributed by atoms with E-state index in [1.54, 1.807) is 0 Å². The molecule has 1 aromatic rings. The van der Waals surface area contributed by atoms with Crippen molar-refractivity contribution < 1.29 is 0 Å². The minimum absolute atomic E-state index is 0.309. The smallest absolute Gasteiger partial charge is 0.0766 e. The maximum absolute atomic E-state index is 4.59. The van der Waals surface area contributed by atoms with Crippen LogP contribution in [0.1, 0.15) is 51.4 Å². The summed E-state index contributed by atoms with van der Waals surface area (Å²) in [5.74, 6) is 0. The van der Waals surface area contributed by atoms with Crippen molar-refractivity contribution in [1.29, 1.82) is 0 Å². The summed E-state index contributed by atoms with van der Waals surface area (Å²) in [6, 6.07) is 0.811. The van der Waals surface area contributed by atoms with Gasteiger partial charge in [0.1, 0.15) is 0 Å². The average Bonchev–Trinajstić information content (AvgIpc) is 3.11. The molecule has 0 unspecified atom stereocenters. The average molecular weight is 328 g/mol. The Kier molecular flexibility index (Phi) is 4.72. The molecular formula is C15H26BrN3. The van der Waals surface area contributed by atoms with E-state index in [2.05, 4.69) is 54.2 Å². The first-order valence-electron chi connectivity index (χ1n) is 7.36. The number of hydrogen-bond acceptors (Lipinski definition) is 2. The molecule has 0 aromatic carbocycles. The van der Waals surface area contributed by atoms with Gasteiger partial charge in [-0.2, -0.15) is 5.10 Å². The van der Waals surface area contributed by atoms with Gasteiger partial charge in [-0.3, -0.25) is 4.68 Å². The van der Waals surface area contributed by atoms with Gasteiger partial charge >= 0.3 is 0 Å². The molecule has 0 bridgehead atoms. The van der Waals surface area contributed by atoms with Crippen molar-refractivity contribution >= 4 is 15.9 Å². The predicted octanol–water partition coefficient (Wildman–Crippen LogP) is 3.46. The van der Waals surface area contributed by atoms with Gasteiger partial charge in [0.05, 0.1) is 15.9 Å². The third kappa shape index (κ3) is 4.06. The Balaban J connectivity index is 1.95. The van der Waals surface area contributed by atoms with Gasteiger partial charge in [0.2, 0.25) is 0 Å². The maximum atomic E-state index is 4.59. The maximum Gasteiger partial charge on any atom is 0.0766 e. The van der Waals surface area contributed by atoms with Gasteiger partial charge < -0.3 is 5.32 Å². The number of nitrogens with zero attached hydrogens (tertiary/aromatic N) is 2. The third-order valence-corrected chi connectivity index (χ3v) is 4.88. The number of halogens is 1. The number of nitrogens with one attached hydrogen (secondary N) is 1. The molecule has 1 N–H and O–H groups in total. The first-order valence-corrected chi connectivity index (χ1v) is 8.16. The minimum atomic E-state index is 0.309. The second-order valence-electron chi connectivity index (χ2n) is 6.50. The molecule has 2 rings (SSSR count). The summed E-state index contributed by atoms with van der Waals surface area (Å²) in [7, 11) is 2.05. The molecular weight excluding hydrogens is 302 g/mol. The van der Waals surface area contributed by atoms with Gasteiger partial charge in [-0.05, 0) is 60.0 Å². The SMILES string of the molecule is CCc1nn(C)c(CC(C)(C)CCNC2CC2)c1Br. The summed E-state index contributed by atoms with van der Waals surface area (Å²) < 4.78 is 3.25. The Morgan fingerprint density at radius 2 is 2.11 bits per heavy atom. The predicted molar refractivity (Wildman–Crippen MR) is 83.4 cm³/mol. The molecule has 1 aromatic heterocycles. The topological polar surface area (TPSA) is 29.9 Å². The summed E-state index contributed by atoms with van der Waals surface area (Å²) in [6.07, 6.45) is 6.01. The zero-order valence-electron chi connectivity index (χ0n) is 12.6. The van der Waals surface area contributed by atoms with Crippen molar-refractivity contribution in [2.75, 3.05) is 6.54 Å². The lowest BCUT2D eigenvalue weighted by Gasteiger charge is -2.25. The van der Waals surface area contributed by atoms with E-state index in [1.807, 2.05) is 4.68 Å². The molecule has 1 aliphatic rings. The van der Waals surface area contributed by atoms with E-state index >= 15 is 0 Å². The van der Waals surface area contributed by atoms with E-state index in [0.29, 0.717) is 5.41 Å². The Hall–Kier alpha value is -0.350. The van der Waals surface area contributed by atoms with Crippen LogP contribution in [-0.2, 0) is 19.9 Å². The van der Waals surface area contributed by atoms with Crippen molar-refractivity contribution in [3.63, 3.8) is 0 Å². The van der Waals surface area contributed by atoms with Crippen LogP contribution in [0.4, 0.5) is 0 Å². The highest BCUT2D eigenvalue weighted by Crippen LogP contribution is 2.31. The van der Waals surface area contributed by atoms with Gasteiger partial charge in [0, 0.05) is 13.1 Å². The van der Waals surface area contributed by atoms with E-state index in [1.165, 1.54) is 35.1 Å². The van der Waals surface area contributed by atoms with Gasteiger partial charge in [0.15, 0.2) is 0 Å². The van der Waals surface area contributed by atoms with Crippen LogP contribution in [0, 0.1) is 5.41 Å². The molecule has 19 heavy (non-hydrogen) atoms. The quantitative estimate of drug-likeness (QED) is 0.831. The summed E-state index contributed by atoms with van der Waals surface area (Å²) >= 11 is 3.72. The number of hydrogen-bond donors (Lipinski definition) is 1. The molecule has 3 nitrogen and oxygen atoms in total. The van der Waals surface area contributed by atoms with E-state index in [-0.39, 0.29) is 0 Å². The molecule has 1 fully saturated rings. The second-order valence-corrected chi connectivity index (χ2v) is 7.30.